The molecule has 224 valence electrons. The van der Waals surface area contributed by atoms with Crippen LogP contribution in [0.3, 0.4) is 0 Å². The number of nitrogens with one attached hydrogen (secondary N) is 1. The normalized spacial score (nSPS) is 20.1. The Morgan fingerprint density at radius 2 is 1.86 bits per heavy atom. The highest BCUT2D eigenvalue weighted by Crippen LogP contribution is 2.46. The van der Waals surface area contributed by atoms with Gasteiger partial charge in [-0.25, -0.2) is 9.78 Å². The molecule has 2 saturated carbocycles. The van der Waals surface area contributed by atoms with Crippen molar-refractivity contribution in [1.29, 1.82) is 0 Å². The first-order valence-corrected chi connectivity index (χ1v) is 14.0. The second kappa shape index (κ2) is 12.5. The molecule has 0 aliphatic heterocycles. The van der Waals surface area contributed by atoms with E-state index in [2.05, 4.69) is 20.2 Å². The van der Waals surface area contributed by atoms with Crippen LogP contribution < -0.4 is 10.1 Å². The van der Waals surface area contributed by atoms with Gasteiger partial charge in [0.15, 0.2) is 5.69 Å². The molecular formula is C30H32F3N3O6. The molecule has 2 heterocycles. The lowest BCUT2D eigenvalue weighted by Gasteiger charge is -2.43. The number of aromatic nitrogens is 2. The predicted octanol–water partition coefficient (Wildman–Crippen LogP) is 6.51. The molecule has 3 atom stereocenters. The van der Waals surface area contributed by atoms with Gasteiger partial charge in [-0.3, -0.25) is 4.79 Å². The minimum absolute atomic E-state index is 0.0653. The first-order valence-electron chi connectivity index (χ1n) is 14.0. The molecule has 2 aliphatic rings. The van der Waals surface area contributed by atoms with Crippen molar-refractivity contribution in [2.45, 2.75) is 58.4 Å². The van der Waals surface area contributed by atoms with E-state index in [1.165, 1.54) is 24.3 Å². The second-order valence-corrected chi connectivity index (χ2v) is 10.5. The molecule has 42 heavy (non-hydrogen) atoms. The van der Waals surface area contributed by atoms with E-state index in [-0.39, 0.29) is 77.9 Å². The van der Waals surface area contributed by atoms with Gasteiger partial charge >= 0.3 is 12.3 Å². The minimum Gasteiger partial charge on any atom is -0.461 e. The molecule has 1 amide bonds. The Hall–Kier alpha value is -3.93. The summed E-state index contributed by atoms with van der Waals surface area (Å²) in [4.78, 5) is 29.5. The maximum absolute atomic E-state index is 13.3. The van der Waals surface area contributed by atoms with Crippen LogP contribution >= 0.6 is 0 Å². The number of para-hydroxylation sites is 1. The Bertz CT molecular complexity index is 1420. The van der Waals surface area contributed by atoms with Crippen molar-refractivity contribution in [3.8, 4) is 17.0 Å². The lowest BCUT2D eigenvalue weighted by molar-refractivity contribution is -0.274. The molecular weight excluding hydrogens is 555 g/mol. The highest BCUT2D eigenvalue weighted by molar-refractivity contribution is 5.94. The molecule has 1 N–H and O–H groups in total. The number of halogens is 3. The van der Waals surface area contributed by atoms with E-state index in [0.29, 0.717) is 11.3 Å². The van der Waals surface area contributed by atoms with Crippen molar-refractivity contribution in [2.24, 2.45) is 17.8 Å². The number of hydrogen-bond donors (Lipinski definition) is 1. The van der Waals surface area contributed by atoms with Gasteiger partial charge in [0.25, 0.3) is 0 Å². The SMILES string of the molecule is CCOC(=O)c1cccc(NC(=O)C2C(CC)CC2COCc2c(-c3ccccc3OC(F)(F)F)noc2C2CC2)n1. The maximum atomic E-state index is 13.3. The number of ether oxygens (including phenoxy) is 3. The molecule has 2 fully saturated rings. The number of carbonyl (C=O) groups excluding carboxylic acids is 2. The van der Waals surface area contributed by atoms with Crippen LogP contribution in [0.1, 0.15) is 67.3 Å². The number of carbonyl (C=O) groups is 2. The Kier molecular flexibility index (Phi) is 8.81. The molecule has 1 aromatic carbocycles. The van der Waals surface area contributed by atoms with Gasteiger partial charge in [-0.15, -0.1) is 13.2 Å². The zero-order valence-corrected chi connectivity index (χ0v) is 23.3. The number of anilines is 1. The molecule has 9 nitrogen and oxygen atoms in total. The van der Waals surface area contributed by atoms with Gasteiger partial charge in [-0.05, 0) is 62.3 Å². The van der Waals surface area contributed by atoms with Crippen molar-refractivity contribution < 1.29 is 41.5 Å². The number of esters is 1. The Balaban J connectivity index is 1.27. The molecule has 2 aliphatic carbocycles. The van der Waals surface area contributed by atoms with E-state index in [4.69, 9.17) is 14.0 Å². The van der Waals surface area contributed by atoms with Crippen LogP contribution in [0.5, 0.6) is 5.75 Å². The number of hydrogen-bond acceptors (Lipinski definition) is 8. The van der Waals surface area contributed by atoms with Crippen LogP contribution in [0, 0.1) is 17.8 Å². The average molecular weight is 588 g/mol. The van der Waals surface area contributed by atoms with Crippen LogP contribution in [0.25, 0.3) is 11.3 Å². The Morgan fingerprint density at radius 1 is 1.07 bits per heavy atom. The molecule has 12 heteroatoms. The third kappa shape index (κ3) is 6.75. The minimum atomic E-state index is -4.86. The van der Waals surface area contributed by atoms with E-state index in [1.54, 1.807) is 25.1 Å². The van der Waals surface area contributed by atoms with Crippen molar-refractivity contribution in [3.05, 3.63) is 59.5 Å². The van der Waals surface area contributed by atoms with Gasteiger partial charge in [0.1, 0.15) is 23.0 Å². The quantitative estimate of drug-likeness (QED) is 0.239. The Labute approximate surface area is 240 Å². The standard InChI is InChI=1S/C30H32F3N3O6/c1-3-17-14-19(25(17)28(37)35-24-11-7-9-22(34-24)29(38)40-4-2)15-39-16-21-26(36-42-27(21)18-12-13-18)20-8-5-6-10-23(20)41-30(31,32)33/h5-11,17-19,25H,3-4,12-16H2,1-2H3,(H,34,35,37). The molecule has 0 saturated heterocycles. The van der Waals surface area contributed by atoms with Crippen LogP contribution in [0.4, 0.5) is 19.0 Å². The topological polar surface area (TPSA) is 113 Å². The van der Waals surface area contributed by atoms with E-state index < -0.39 is 12.3 Å². The molecule has 3 aromatic rings. The summed E-state index contributed by atoms with van der Waals surface area (Å²) in [5, 5.41) is 6.93. The third-order valence-corrected chi connectivity index (χ3v) is 7.65. The van der Waals surface area contributed by atoms with E-state index in [1.807, 2.05) is 6.92 Å². The maximum Gasteiger partial charge on any atom is 0.573 e. The molecule has 3 unspecified atom stereocenters. The van der Waals surface area contributed by atoms with E-state index >= 15 is 0 Å². The Morgan fingerprint density at radius 3 is 2.57 bits per heavy atom. The summed E-state index contributed by atoms with van der Waals surface area (Å²) >= 11 is 0. The monoisotopic (exact) mass is 587 g/mol. The number of pyridine rings is 1. The number of benzene rings is 1. The first-order chi connectivity index (χ1) is 20.2. The highest BCUT2D eigenvalue weighted by atomic mass is 19.4. The van der Waals surface area contributed by atoms with Crippen molar-refractivity contribution in [3.63, 3.8) is 0 Å². The largest absolute Gasteiger partial charge is 0.573 e. The summed E-state index contributed by atoms with van der Waals surface area (Å²) in [7, 11) is 0. The predicted molar refractivity (Wildman–Crippen MR) is 144 cm³/mol. The smallest absolute Gasteiger partial charge is 0.461 e. The summed E-state index contributed by atoms with van der Waals surface area (Å²) in [5.41, 5.74) is 1.10. The zero-order valence-electron chi connectivity index (χ0n) is 23.3. The fraction of sp³-hybridized carbons (Fsp3) is 0.467. The van der Waals surface area contributed by atoms with E-state index in [0.717, 1.165) is 25.7 Å². The van der Waals surface area contributed by atoms with Gasteiger partial charge in [0.2, 0.25) is 5.91 Å². The van der Waals surface area contributed by atoms with Crippen molar-refractivity contribution >= 4 is 17.7 Å². The fourth-order valence-corrected chi connectivity index (χ4v) is 5.45. The number of amides is 1. The van der Waals surface area contributed by atoms with E-state index in [9.17, 15) is 22.8 Å². The molecule has 2 aromatic heterocycles. The van der Waals surface area contributed by atoms with Gasteiger partial charge in [0, 0.05) is 23.0 Å². The number of alkyl halides is 3. The average Bonchev–Trinajstić information content (AvgIpc) is 3.69. The summed E-state index contributed by atoms with van der Waals surface area (Å²) in [6, 6.07) is 10.6. The molecule has 5 rings (SSSR count). The molecule has 0 spiro atoms. The third-order valence-electron chi connectivity index (χ3n) is 7.65. The zero-order chi connectivity index (χ0) is 29.9. The van der Waals surface area contributed by atoms with Crippen LogP contribution in [-0.2, 0) is 20.9 Å². The van der Waals surface area contributed by atoms with Gasteiger partial charge in [-0.2, -0.15) is 0 Å². The summed E-state index contributed by atoms with van der Waals surface area (Å²) < 4.78 is 60.1. The van der Waals surface area contributed by atoms with Gasteiger partial charge < -0.3 is 24.1 Å². The van der Waals surface area contributed by atoms with Gasteiger partial charge in [0.05, 0.1) is 19.8 Å². The van der Waals surface area contributed by atoms with Crippen molar-refractivity contribution in [2.75, 3.05) is 18.5 Å². The van der Waals surface area contributed by atoms with Crippen molar-refractivity contribution in [1.82, 2.24) is 10.1 Å². The first kappa shape index (κ1) is 29.6. The highest BCUT2D eigenvalue weighted by Gasteiger charge is 2.45. The summed E-state index contributed by atoms with van der Waals surface area (Å²) in [6.07, 6.45) is -1.46. The summed E-state index contributed by atoms with van der Waals surface area (Å²) in [5.74, 6) is -0.381. The molecule has 0 bridgehead atoms. The number of nitrogens with zero attached hydrogens (tertiary/aromatic N) is 2. The lowest BCUT2D eigenvalue weighted by Crippen LogP contribution is -2.46. The molecule has 0 radical (unpaired) electrons. The lowest BCUT2D eigenvalue weighted by atomic mass is 9.63. The van der Waals surface area contributed by atoms with Crippen LogP contribution in [-0.4, -0.2) is 41.6 Å². The van der Waals surface area contributed by atoms with Crippen LogP contribution in [0.2, 0.25) is 0 Å². The second-order valence-electron chi connectivity index (χ2n) is 10.5. The fourth-order valence-electron chi connectivity index (χ4n) is 5.45. The van der Waals surface area contributed by atoms with Crippen LogP contribution in [0.15, 0.2) is 47.0 Å². The number of rotatable bonds is 12. The summed E-state index contributed by atoms with van der Waals surface area (Å²) in [6.45, 7) is 4.26. The van der Waals surface area contributed by atoms with Gasteiger partial charge in [-0.1, -0.05) is 36.7 Å².